The molecule has 32 heteroatoms. The number of hydrogen-bond donors (Lipinski definition) is 6. The topological polar surface area (TPSA) is 346 Å². The highest BCUT2D eigenvalue weighted by Crippen LogP contribution is 2.26. The van der Waals surface area contributed by atoms with Crippen LogP contribution in [0.2, 0.25) is 0 Å². The summed E-state index contributed by atoms with van der Waals surface area (Å²) in [6.45, 7) is 8.17. The number of fused-ring (bicyclic) bond motifs is 6. The van der Waals surface area contributed by atoms with Gasteiger partial charge in [-0.05, 0) is 49.7 Å². The number of pyridine rings is 1. The zero-order valence-corrected chi connectivity index (χ0v) is 46.8. The molecule has 14 aromatic rings. The summed E-state index contributed by atoms with van der Waals surface area (Å²) >= 11 is 0. The van der Waals surface area contributed by atoms with Crippen LogP contribution in [0.4, 0.5) is 30.2 Å². The Kier molecular flexibility index (Phi) is 18.5. The van der Waals surface area contributed by atoms with Gasteiger partial charge in [-0.15, -0.1) is 15.3 Å². The molecule has 0 bridgehead atoms. The van der Waals surface area contributed by atoms with Crippen LogP contribution in [0.15, 0.2) is 159 Å². The highest BCUT2D eigenvalue weighted by atomic mass is 19.1. The number of hydrogen-bond acceptors (Lipinski definition) is 20. The van der Waals surface area contributed by atoms with E-state index in [-0.39, 0.29) is 22.9 Å². The molecule has 14 rings (SSSR count). The lowest BCUT2D eigenvalue weighted by atomic mass is 10.2. The van der Waals surface area contributed by atoms with E-state index in [2.05, 4.69) is 97.5 Å². The van der Waals surface area contributed by atoms with E-state index in [0.717, 1.165) is 38.9 Å². The molecular weight excluding hydrogens is 1140 g/mol. The van der Waals surface area contributed by atoms with Crippen LogP contribution in [0.1, 0.15) is 37.3 Å². The molecule has 442 valence electrons. The summed E-state index contributed by atoms with van der Waals surface area (Å²) in [5, 5.41) is 47.5. The summed E-state index contributed by atoms with van der Waals surface area (Å²) in [7, 11) is 6.72. The number of halogens is 3. The van der Waals surface area contributed by atoms with Gasteiger partial charge in [0.15, 0.2) is 51.5 Å². The maximum absolute atomic E-state index is 13.2. The van der Waals surface area contributed by atoms with Crippen molar-refractivity contribution in [2.75, 3.05) is 44.1 Å². The highest BCUT2D eigenvalue weighted by Gasteiger charge is 2.21. The number of carboxylic acid groups (broad SMARTS) is 1. The van der Waals surface area contributed by atoms with E-state index in [0.29, 0.717) is 51.5 Å². The summed E-state index contributed by atoms with van der Waals surface area (Å²) in [6, 6.07) is 32.6. The Bertz CT molecular complexity index is 4590. The largest absolute Gasteiger partial charge is 0.476 e. The molecule has 0 aliphatic rings. The molecule has 7 N–H and O–H groups in total. The number of carbonyl (C=O) groups excluding carboxylic acids is 2. The zero-order valence-electron chi connectivity index (χ0n) is 46.8. The predicted octanol–water partition coefficient (Wildman–Crippen LogP) is 6.82. The number of nitrogens with zero attached hydrogens (tertiary/aromatic N) is 20. The van der Waals surface area contributed by atoms with Crippen molar-refractivity contribution >= 4 is 84.6 Å². The molecule has 0 saturated carbocycles. The maximum atomic E-state index is 13.2. The lowest BCUT2D eigenvalue weighted by molar-refractivity contribution is 0.0686. The van der Waals surface area contributed by atoms with E-state index in [1.807, 2.05) is 91.0 Å². The first kappa shape index (κ1) is 59.9. The summed E-state index contributed by atoms with van der Waals surface area (Å²) in [5.74, 6) is -0.144. The van der Waals surface area contributed by atoms with Crippen LogP contribution < -0.4 is 27.1 Å². The van der Waals surface area contributed by atoms with Gasteiger partial charge in [0.2, 0.25) is 0 Å². The maximum Gasteiger partial charge on any atom is 0.356 e. The van der Waals surface area contributed by atoms with Crippen molar-refractivity contribution in [3.63, 3.8) is 0 Å². The molecule has 11 aromatic heterocycles. The van der Waals surface area contributed by atoms with Gasteiger partial charge in [-0.2, -0.15) is 54.9 Å². The first-order chi connectivity index (χ1) is 42.8. The SMILES string of the molecule is CN.CNc1cc(-n2ncc3ccccc32)nn2c(C(=O)F)cnc12.CNc1cc(-n2ncc3ccccc32)nn2c(C(=O)O)cnc12.Cc1nc(F)nc(F)n1.[C-]#[N+]NC(=O)c1cnc2c(NC)cc(-n3ncc4ccccc43)nn12.c1ccncc1. The van der Waals surface area contributed by atoms with E-state index >= 15 is 0 Å². The van der Waals surface area contributed by atoms with Gasteiger partial charge in [-0.1, -0.05) is 60.7 Å². The Morgan fingerprint density at radius 1 is 0.534 bits per heavy atom. The first-order valence-corrected chi connectivity index (χ1v) is 25.8. The molecule has 11 heterocycles. The smallest absolute Gasteiger partial charge is 0.356 e. The molecule has 0 radical (unpaired) electrons. The van der Waals surface area contributed by atoms with Crippen LogP contribution in [0.25, 0.3) is 72.1 Å². The van der Waals surface area contributed by atoms with Gasteiger partial charge in [-0.25, -0.2) is 47.3 Å². The fourth-order valence-electron chi connectivity index (χ4n) is 8.47. The second-order valence-electron chi connectivity index (χ2n) is 17.6. The number of nitrogens with two attached hydrogens (primary N) is 1. The normalized spacial score (nSPS) is 10.5. The average Bonchev–Trinajstić information content (AvgIpc) is 2.65. The quantitative estimate of drug-likeness (QED) is 0.0490. The molecule has 29 nitrogen and oxygen atoms in total. The number of imidazole rings is 3. The van der Waals surface area contributed by atoms with Crippen molar-refractivity contribution in [2.45, 2.75) is 6.92 Å². The molecule has 1 amide bonds. The fourth-order valence-corrected chi connectivity index (χ4v) is 8.47. The first-order valence-electron chi connectivity index (χ1n) is 25.8. The average molecular weight is 1190 g/mol. The molecule has 0 aliphatic heterocycles. The standard InChI is InChI=1S/C16H12N8O.C15H11FN6O.C15H12N6O2.C5H5N.C4H3F2N3.CH5N/c1-17-11-7-14(23-12-6-4-3-5-10(12)8-20-23)22-24-13(9-19-15(11)24)16(25)21-18-2;1-17-10-6-13(20-22-12(14(16)23)8-18-15(10)22)21-11-5-3-2-4-9(11)7-19-21;1-16-10-6-13(19-21-12(15(22)23)8-17-14(10)21)20-11-5-3-2-4-9(11)7-18-20;1-2-4-6-5-3-1;1-2-7-3(5)9-4(6)8-2;1-2/h3-9,17H,1H3,(H,21,25);2-8,17H,1H3;2-8,16H,1H3,(H,22,23);1-5H;1H3;2H2,1H3. The second-order valence-corrected chi connectivity index (χ2v) is 17.6. The van der Waals surface area contributed by atoms with Gasteiger partial charge in [0.1, 0.15) is 5.82 Å². The second kappa shape index (κ2) is 27.2. The van der Waals surface area contributed by atoms with Crippen molar-refractivity contribution in [2.24, 2.45) is 5.73 Å². The van der Waals surface area contributed by atoms with E-state index < -0.39 is 30.1 Å². The van der Waals surface area contributed by atoms with Gasteiger partial charge in [0.25, 0.3) is 0 Å². The van der Waals surface area contributed by atoms with Crippen LogP contribution in [0.3, 0.4) is 0 Å². The fraction of sp³-hybridized carbons (Fsp3) is 0.0893. The van der Waals surface area contributed by atoms with Crippen molar-refractivity contribution in [1.29, 1.82) is 0 Å². The predicted molar refractivity (Wildman–Crippen MR) is 317 cm³/mol. The number of carbonyl (C=O) groups is 3. The van der Waals surface area contributed by atoms with E-state index in [1.165, 1.54) is 39.9 Å². The number of aromatic nitrogens is 19. The molecule has 0 fully saturated rings. The molecule has 0 atom stereocenters. The van der Waals surface area contributed by atoms with Gasteiger partial charge >= 0.3 is 30.1 Å². The van der Waals surface area contributed by atoms with E-state index in [9.17, 15) is 32.7 Å². The number of para-hydroxylation sites is 3. The highest BCUT2D eigenvalue weighted by molar-refractivity contribution is 5.94. The van der Waals surface area contributed by atoms with Crippen molar-refractivity contribution in [3.8, 4) is 17.5 Å². The number of nitrogens with one attached hydrogen (secondary N) is 4. The molecule has 3 aromatic carbocycles. The summed E-state index contributed by atoms with van der Waals surface area (Å²) in [5.41, 5.74) is 12.4. The number of rotatable bonds is 9. The van der Waals surface area contributed by atoms with Gasteiger partial charge in [-0.3, -0.25) is 14.6 Å². The number of benzene rings is 3. The van der Waals surface area contributed by atoms with Crippen molar-refractivity contribution < 1.29 is 32.7 Å². The third-order valence-electron chi connectivity index (χ3n) is 12.3. The monoisotopic (exact) mass is 1190 g/mol. The van der Waals surface area contributed by atoms with E-state index in [4.69, 9.17) is 6.57 Å². The summed E-state index contributed by atoms with van der Waals surface area (Å²) < 4.78 is 45.9. The van der Waals surface area contributed by atoms with Crippen LogP contribution >= 0.6 is 0 Å². The molecule has 0 spiro atoms. The summed E-state index contributed by atoms with van der Waals surface area (Å²) in [6.07, 6.45) is 10.4. The minimum absolute atomic E-state index is 0.00480. The molecule has 88 heavy (non-hydrogen) atoms. The molecule has 0 unspecified atom stereocenters. The number of anilines is 3. The van der Waals surface area contributed by atoms with Crippen LogP contribution in [0.5, 0.6) is 0 Å². The van der Waals surface area contributed by atoms with Gasteiger partial charge in [0, 0.05) is 67.9 Å². The number of amides is 1. The Hall–Kier alpha value is -12.7. The number of aryl methyl sites for hydroxylation is 1. The lowest BCUT2D eigenvalue weighted by Crippen LogP contribution is -2.19. The molecule has 0 saturated heterocycles. The van der Waals surface area contributed by atoms with Crippen LogP contribution in [-0.2, 0) is 0 Å². The summed E-state index contributed by atoms with van der Waals surface area (Å²) in [4.78, 5) is 62.5. The minimum Gasteiger partial charge on any atom is -0.476 e. The Morgan fingerprint density at radius 3 is 1.25 bits per heavy atom. The van der Waals surface area contributed by atoms with Crippen LogP contribution in [-0.4, -0.2) is 144 Å². The van der Waals surface area contributed by atoms with Crippen molar-refractivity contribution in [3.05, 3.63) is 205 Å². The molecular formula is C56H48F3N25O4. The third-order valence-corrected chi connectivity index (χ3v) is 12.3. The zero-order chi connectivity index (χ0) is 62.4. The Labute approximate surface area is 493 Å². The van der Waals surface area contributed by atoms with Gasteiger partial charge < -0.3 is 26.8 Å². The third kappa shape index (κ3) is 12.8. The minimum atomic E-state index is -1.59. The Morgan fingerprint density at radius 2 is 0.909 bits per heavy atom. The van der Waals surface area contributed by atoms with Crippen molar-refractivity contribution in [1.82, 2.24) is 98.5 Å². The number of carboxylic acids is 1. The van der Waals surface area contributed by atoms with Gasteiger partial charge in [0.05, 0.1) is 70.8 Å². The van der Waals surface area contributed by atoms with Crippen LogP contribution in [0, 0.1) is 25.7 Å². The lowest BCUT2D eigenvalue weighted by Gasteiger charge is -2.08. The molecule has 0 aliphatic carbocycles. The van der Waals surface area contributed by atoms with E-state index in [1.54, 1.807) is 84.4 Å². The number of aromatic carboxylic acids is 1. The Balaban J connectivity index is 0.000000139.